The van der Waals surface area contributed by atoms with Crippen molar-refractivity contribution in [3.63, 3.8) is 0 Å². The second-order valence-corrected chi connectivity index (χ2v) is 4.35. The van der Waals surface area contributed by atoms with Crippen LogP contribution in [0.25, 0.3) is 0 Å². The average molecular weight is 182 g/mol. The third-order valence-corrected chi connectivity index (χ3v) is 2.14. The molecule has 1 aliphatic heterocycles. The molecule has 0 amide bonds. The van der Waals surface area contributed by atoms with Crippen LogP contribution in [-0.2, 0) is 0 Å². The topological polar surface area (TPSA) is 56.3 Å². The quantitative estimate of drug-likeness (QED) is 0.602. The van der Waals surface area contributed by atoms with Crippen LogP contribution in [0.1, 0.15) is 13.8 Å². The van der Waals surface area contributed by atoms with Crippen molar-refractivity contribution in [3.05, 3.63) is 0 Å². The fourth-order valence-electron chi connectivity index (χ4n) is 1.58. The SMILES string of the molecule is CC(C)(N)CN1CCN(C#N)CC1. The average Bonchev–Trinajstić information content (AvgIpc) is 2.03. The van der Waals surface area contributed by atoms with E-state index in [4.69, 9.17) is 11.0 Å². The van der Waals surface area contributed by atoms with Gasteiger partial charge in [-0.15, -0.1) is 0 Å². The van der Waals surface area contributed by atoms with E-state index in [2.05, 4.69) is 11.1 Å². The number of nitrogens with zero attached hydrogens (tertiary/aromatic N) is 3. The van der Waals surface area contributed by atoms with Crippen molar-refractivity contribution in [1.82, 2.24) is 9.80 Å². The highest BCUT2D eigenvalue weighted by Crippen LogP contribution is 2.05. The largest absolute Gasteiger partial charge is 0.324 e. The lowest BCUT2D eigenvalue weighted by Crippen LogP contribution is -2.52. The van der Waals surface area contributed by atoms with Crippen LogP contribution >= 0.6 is 0 Å². The molecule has 4 heteroatoms. The van der Waals surface area contributed by atoms with Crippen molar-refractivity contribution in [2.24, 2.45) is 5.73 Å². The first-order valence-electron chi connectivity index (χ1n) is 4.67. The van der Waals surface area contributed by atoms with Crippen molar-refractivity contribution >= 4 is 0 Å². The van der Waals surface area contributed by atoms with E-state index in [0.29, 0.717) is 0 Å². The van der Waals surface area contributed by atoms with Crippen molar-refractivity contribution in [1.29, 1.82) is 5.26 Å². The lowest BCUT2D eigenvalue weighted by molar-refractivity contribution is 0.150. The van der Waals surface area contributed by atoms with Gasteiger partial charge in [-0.25, -0.2) is 0 Å². The van der Waals surface area contributed by atoms with E-state index in [1.54, 1.807) is 4.90 Å². The van der Waals surface area contributed by atoms with Gasteiger partial charge in [0.05, 0.1) is 0 Å². The number of piperazine rings is 1. The molecule has 0 aliphatic carbocycles. The molecule has 1 heterocycles. The molecule has 4 nitrogen and oxygen atoms in total. The molecule has 0 unspecified atom stereocenters. The summed E-state index contributed by atoms with van der Waals surface area (Å²) in [6.45, 7) is 8.56. The maximum Gasteiger partial charge on any atom is 0.179 e. The molecular formula is C9H18N4. The van der Waals surface area contributed by atoms with Gasteiger partial charge in [0, 0.05) is 38.3 Å². The molecule has 0 radical (unpaired) electrons. The van der Waals surface area contributed by atoms with E-state index >= 15 is 0 Å². The Balaban J connectivity index is 2.30. The van der Waals surface area contributed by atoms with Gasteiger partial charge in [-0.2, -0.15) is 5.26 Å². The second kappa shape index (κ2) is 3.95. The van der Waals surface area contributed by atoms with Crippen molar-refractivity contribution in [2.45, 2.75) is 19.4 Å². The predicted molar refractivity (Wildman–Crippen MR) is 51.9 cm³/mol. The zero-order valence-corrected chi connectivity index (χ0v) is 8.45. The third kappa shape index (κ3) is 3.62. The number of hydrogen-bond donors (Lipinski definition) is 1. The molecule has 13 heavy (non-hydrogen) atoms. The first-order valence-corrected chi connectivity index (χ1v) is 4.67. The smallest absolute Gasteiger partial charge is 0.179 e. The van der Waals surface area contributed by atoms with Crippen LogP contribution in [0.15, 0.2) is 0 Å². The lowest BCUT2D eigenvalue weighted by atomic mass is 10.1. The summed E-state index contributed by atoms with van der Waals surface area (Å²) < 4.78 is 0. The molecular weight excluding hydrogens is 164 g/mol. The van der Waals surface area contributed by atoms with Gasteiger partial charge in [0.2, 0.25) is 0 Å². The molecule has 0 aromatic rings. The van der Waals surface area contributed by atoms with Gasteiger partial charge in [0.1, 0.15) is 0 Å². The summed E-state index contributed by atoms with van der Waals surface area (Å²) in [5.74, 6) is 0. The van der Waals surface area contributed by atoms with Crippen LogP contribution in [0.4, 0.5) is 0 Å². The third-order valence-electron chi connectivity index (χ3n) is 2.14. The lowest BCUT2D eigenvalue weighted by Gasteiger charge is -2.35. The molecule has 1 aliphatic rings. The van der Waals surface area contributed by atoms with Crippen molar-refractivity contribution < 1.29 is 0 Å². The summed E-state index contributed by atoms with van der Waals surface area (Å²) in [5, 5.41) is 8.64. The Morgan fingerprint density at radius 2 is 1.85 bits per heavy atom. The Hall–Kier alpha value is -0.790. The second-order valence-electron chi connectivity index (χ2n) is 4.35. The highest BCUT2D eigenvalue weighted by molar-refractivity contribution is 4.84. The van der Waals surface area contributed by atoms with E-state index in [1.165, 1.54) is 0 Å². The Morgan fingerprint density at radius 3 is 2.23 bits per heavy atom. The van der Waals surface area contributed by atoms with Crippen LogP contribution < -0.4 is 5.73 Å². The monoisotopic (exact) mass is 182 g/mol. The van der Waals surface area contributed by atoms with Gasteiger partial charge >= 0.3 is 0 Å². The van der Waals surface area contributed by atoms with Gasteiger partial charge in [0.15, 0.2) is 6.19 Å². The van der Waals surface area contributed by atoms with Crippen molar-refractivity contribution in [3.8, 4) is 6.19 Å². The van der Waals surface area contributed by atoms with Crippen LogP contribution in [0, 0.1) is 11.5 Å². The van der Waals surface area contributed by atoms with Crippen LogP contribution in [-0.4, -0.2) is 48.1 Å². The molecule has 0 spiro atoms. The molecule has 2 N–H and O–H groups in total. The van der Waals surface area contributed by atoms with Gasteiger partial charge in [0.25, 0.3) is 0 Å². The molecule has 1 rings (SSSR count). The minimum atomic E-state index is -0.130. The molecule has 0 atom stereocenters. The van der Waals surface area contributed by atoms with Crippen LogP contribution in [0.5, 0.6) is 0 Å². The minimum absolute atomic E-state index is 0.130. The van der Waals surface area contributed by atoms with Gasteiger partial charge in [-0.1, -0.05) is 0 Å². The minimum Gasteiger partial charge on any atom is -0.324 e. The van der Waals surface area contributed by atoms with Gasteiger partial charge in [-0.3, -0.25) is 4.90 Å². The standard InChI is InChI=1S/C9H18N4/c1-9(2,11)7-12-3-5-13(8-10)6-4-12/h3-7,11H2,1-2H3. The summed E-state index contributed by atoms with van der Waals surface area (Å²) >= 11 is 0. The summed E-state index contributed by atoms with van der Waals surface area (Å²) in [7, 11) is 0. The van der Waals surface area contributed by atoms with Crippen molar-refractivity contribution in [2.75, 3.05) is 32.7 Å². The maximum atomic E-state index is 8.64. The summed E-state index contributed by atoms with van der Waals surface area (Å²) in [6.07, 6.45) is 2.16. The number of nitriles is 1. The van der Waals surface area contributed by atoms with E-state index in [1.807, 2.05) is 13.8 Å². The van der Waals surface area contributed by atoms with E-state index < -0.39 is 0 Å². The predicted octanol–water partition coefficient (Wildman–Crippen LogP) is -0.178. The zero-order valence-electron chi connectivity index (χ0n) is 8.45. The molecule has 1 saturated heterocycles. The Labute approximate surface area is 79.9 Å². The first-order chi connectivity index (χ1) is 6.01. The van der Waals surface area contributed by atoms with Crippen LogP contribution in [0.2, 0.25) is 0 Å². The maximum absolute atomic E-state index is 8.64. The number of rotatable bonds is 2. The molecule has 0 bridgehead atoms. The Morgan fingerprint density at radius 1 is 1.31 bits per heavy atom. The van der Waals surface area contributed by atoms with E-state index in [0.717, 1.165) is 32.7 Å². The van der Waals surface area contributed by atoms with E-state index in [9.17, 15) is 0 Å². The fraction of sp³-hybridized carbons (Fsp3) is 0.889. The summed E-state index contributed by atoms with van der Waals surface area (Å²) in [6, 6.07) is 0. The molecule has 1 fully saturated rings. The fourth-order valence-corrected chi connectivity index (χ4v) is 1.58. The number of hydrogen-bond acceptors (Lipinski definition) is 4. The highest BCUT2D eigenvalue weighted by atomic mass is 15.3. The highest BCUT2D eigenvalue weighted by Gasteiger charge is 2.20. The molecule has 0 aromatic heterocycles. The molecule has 74 valence electrons. The molecule has 0 aromatic carbocycles. The first kappa shape index (κ1) is 10.3. The summed E-state index contributed by atoms with van der Waals surface area (Å²) in [4.78, 5) is 4.11. The van der Waals surface area contributed by atoms with E-state index in [-0.39, 0.29) is 5.54 Å². The normalized spacial score (nSPS) is 20.0. The molecule has 0 saturated carbocycles. The van der Waals surface area contributed by atoms with Gasteiger partial charge < -0.3 is 10.6 Å². The Kier molecular flexibility index (Phi) is 3.12. The zero-order chi connectivity index (χ0) is 9.90. The summed E-state index contributed by atoms with van der Waals surface area (Å²) in [5.41, 5.74) is 5.78. The van der Waals surface area contributed by atoms with Gasteiger partial charge in [-0.05, 0) is 13.8 Å². The Bertz CT molecular complexity index is 193. The van der Waals surface area contributed by atoms with Crippen LogP contribution in [0.3, 0.4) is 0 Å². The number of nitrogens with two attached hydrogens (primary N) is 1.